The molecule has 2 aromatic rings. The number of aryl methyl sites for hydroxylation is 1. The van der Waals surface area contributed by atoms with Crippen LogP contribution in [0.2, 0.25) is 0 Å². The fourth-order valence-electron chi connectivity index (χ4n) is 1.74. The molecule has 0 aliphatic rings. The minimum Gasteiger partial charge on any atom is -0.495 e. The SMILES string of the molecule is COc1c(Br)cc(Br)cc1CNc1ccc(C)nc1. The first-order chi connectivity index (χ1) is 9.10. The first-order valence-corrected chi connectivity index (χ1v) is 7.37. The fourth-order valence-corrected chi connectivity index (χ4v) is 3.22. The van der Waals surface area contributed by atoms with E-state index in [1.165, 1.54) is 0 Å². The zero-order chi connectivity index (χ0) is 13.8. The van der Waals surface area contributed by atoms with Gasteiger partial charge in [0.25, 0.3) is 0 Å². The Kier molecular flexibility index (Phi) is 4.82. The van der Waals surface area contributed by atoms with Crippen molar-refractivity contribution in [2.45, 2.75) is 13.5 Å². The number of halogens is 2. The highest BCUT2D eigenvalue weighted by Gasteiger charge is 2.09. The molecule has 0 aliphatic heterocycles. The molecule has 0 aliphatic carbocycles. The second kappa shape index (κ2) is 6.39. The van der Waals surface area contributed by atoms with Crippen LogP contribution in [-0.2, 0) is 6.54 Å². The molecule has 0 unspecified atom stereocenters. The van der Waals surface area contributed by atoms with E-state index in [1.807, 2.05) is 37.4 Å². The average Bonchev–Trinajstić information content (AvgIpc) is 2.37. The molecular weight excluding hydrogens is 372 g/mol. The lowest BCUT2D eigenvalue weighted by molar-refractivity contribution is 0.407. The molecule has 0 radical (unpaired) electrons. The van der Waals surface area contributed by atoms with Gasteiger partial charge in [-0.1, -0.05) is 15.9 Å². The molecule has 0 atom stereocenters. The van der Waals surface area contributed by atoms with E-state index in [0.717, 1.165) is 31.6 Å². The number of benzene rings is 1. The Morgan fingerprint density at radius 2 is 2.05 bits per heavy atom. The Labute approximate surface area is 129 Å². The molecule has 19 heavy (non-hydrogen) atoms. The molecule has 1 N–H and O–H groups in total. The van der Waals surface area contributed by atoms with Crippen molar-refractivity contribution < 1.29 is 4.74 Å². The van der Waals surface area contributed by atoms with Gasteiger partial charge >= 0.3 is 0 Å². The predicted molar refractivity (Wildman–Crippen MR) is 84.7 cm³/mol. The summed E-state index contributed by atoms with van der Waals surface area (Å²) in [5.41, 5.74) is 3.07. The van der Waals surface area contributed by atoms with Crippen molar-refractivity contribution in [2.75, 3.05) is 12.4 Å². The molecule has 3 nitrogen and oxygen atoms in total. The van der Waals surface area contributed by atoms with Crippen molar-refractivity contribution >= 4 is 37.5 Å². The second-order valence-electron chi connectivity index (χ2n) is 4.12. The van der Waals surface area contributed by atoms with E-state index in [1.54, 1.807) is 7.11 Å². The van der Waals surface area contributed by atoms with Crippen LogP contribution in [0.15, 0.2) is 39.4 Å². The molecule has 0 saturated carbocycles. The van der Waals surface area contributed by atoms with Gasteiger partial charge in [-0.2, -0.15) is 0 Å². The molecule has 1 heterocycles. The average molecular weight is 386 g/mol. The molecule has 0 bridgehead atoms. The first-order valence-electron chi connectivity index (χ1n) is 5.78. The van der Waals surface area contributed by atoms with Crippen molar-refractivity contribution in [3.63, 3.8) is 0 Å². The Balaban J connectivity index is 2.17. The van der Waals surface area contributed by atoms with Gasteiger partial charge in [0.2, 0.25) is 0 Å². The van der Waals surface area contributed by atoms with Crippen LogP contribution in [0.1, 0.15) is 11.3 Å². The molecule has 1 aromatic carbocycles. The molecule has 1 aromatic heterocycles. The number of hydrogen-bond donors (Lipinski definition) is 1. The number of ether oxygens (including phenoxy) is 1. The van der Waals surface area contributed by atoms with E-state index < -0.39 is 0 Å². The maximum absolute atomic E-state index is 5.42. The monoisotopic (exact) mass is 384 g/mol. The molecule has 5 heteroatoms. The zero-order valence-corrected chi connectivity index (χ0v) is 13.9. The quantitative estimate of drug-likeness (QED) is 0.839. The van der Waals surface area contributed by atoms with Crippen molar-refractivity contribution in [1.82, 2.24) is 4.98 Å². The standard InChI is InChI=1S/C14H14Br2N2O/c1-9-3-4-12(8-17-9)18-7-10-5-11(15)6-13(16)14(10)19-2/h3-6,8,18H,7H2,1-2H3. The van der Waals surface area contributed by atoms with Crippen LogP contribution < -0.4 is 10.1 Å². The molecule has 0 amide bonds. The Hall–Kier alpha value is -1.07. The van der Waals surface area contributed by atoms with E-state index in [4.69, 9.17) is 4.74 Å². The highest BCUT2D eigenvalue weighted by molar-refractivity contribution is 9.11. The van der Waals surface area contributed by atoms with Gasteiger partial charge < -0.3 is 10.1 Å². The van der Waals surface area contributed by atoms with Crippen LogP contribution in [0.3, 0.4) is 0 Å². The summed E-state index contributed by atoms with van der Waals surface area (Å²) in [4.78, 5) is 4.26. The lowest BCUT2D eigenvalue weighted by Crippen LogP contribution is -2.02. The number of hydrogen-bond acceptors (Lipinski definition) is 3. The first kappa shape index (κ1) is 14.3. The molecule has 0 spiro atoms. The molecule has 0 saturated heterocycles. The highest BCUT2D eigenvalue weighted by atomic mass is 79.9. The predicted octanol–water partition coefficient (Wildman–Crippen LogP) is 4.54. The van der Waals surface area contributed by atoms with E-state index in [2.05, 4.69) is 42.2 Å². The highest BCUT2D eigenvalue weighted by Crippen LogP contribution is 2.33. The largest absolute Gasteiger partial charge is 0.495 e. The van der Waals surface area contributed by atoms with Crippen LogP contribution in [0.4, 0.5) is 5.69 Å². The molecular formula is C14H14Br2N2O. The third kappa shape index (κ3) is 3.70. The number of nitrogens with one attached hydrogen (secondary N) is 1. The maximum atomic E-state index is 5.42. The van der Waals surface area contributed by atoms with Crippen LogP contribution >= 0.6 is 31.9 Å². The summed E-state index contributed by atoms with van der Waals surface area (Å²) in [7, 11) is 1.67. The molecule has 0 fully saturated rings. The zero-order valence-electron chi connectivity index (χ0n) is 10.7. The minimum atomic E-state index is 0.673. The van der Waals surface area contributed by atoms with Crippen molar-refractivity contribution in [2.24, 2.45) is 0 Å². The van der Waals surface area contributed by atoms with Gasteiger partial charge in [0, 0.05) is 22.3 Å². The number of rotatable bonds is 4. The number of aromatic nitrogens is 1. The summed E-state index contributed by atoms with van der Waals surface area (Å²) in [5, 5.41) is 3.33. The van der Waals surface area contributed by atoms with Gasteiger partial charge in [-0.15, -0.1) is 0 Å². The maximum Gasteiger partial charge on any atom is 0.138 e. The number of nitrogens with zero attached hydrogens (tertiary/aromatic N) is 1. The van der Waals surface area contributed by atoms with Crippen LogP contribution in [0.25, 0.3) is 0 Å². The van der Waals surface area contributed by atoms with E-state index >= 15 is 0 Å². The summed E-state index contributed by atoms with van der Waals surface area (Å²) >= 11 is 6.99. The minimum absolute atomic E-state index is 0.673. The van der Waals surface area contributed by atoms with Gasteiger partial charge in [0.1, 0.15) is 5.75 Å². The van der Waals surface area contributed by atoms with Crippen LogP contribution in [0, 0.1) is 6.92 Å². The van der Waals surface area contributed by atoms with E-state index in [0.29, 0.717) is 6.54 Å². The third-order valence-corrected chi connectivity index (χ3v) is 3.73. The van der Waals surface area contributed by atoms with Crippen molar-refractivity contribution in [3.8, 4) is 5.75 Å². The lowest BCUT2D eigenvalue weighted by atomic mass is 10.2. The van der Waals surface area contributed by atoms with Gasteiger partial charge in [-0.3, -0.25) is 4.98 Å². The second-order valence-corrected chi connectivity index (χ2v) is 5.89. The van der Waals surface area contributed by atoms with Crippen molar-refractivity contribution in [1.29, 1.82) is 0 Å². The van der Waals surface area contributed by atoms with E-state index in [9.17, 15) is 0 Å². The Bertz CT molecular complexity index is 570. The fraction of sp³-hybridized carbons (Fsp3) is 0.214. The summed E-state index contributed by atoms with van der Waals surface area (Å²) < 4.78 is 7.36. The molecule has 100 valence electrons. The topological polar surface area (TPSA) is 34.1 Å². The van der Waals surface area contributed by atoms with Gasteiger partial charge in [0.05, 0.1) is 23.5 Å². The Morgan fingerprint density at radius 1 is 1.26 bits per heavy atom. The van der Waals surface area contributed by atoms with Gasteiger partial charge in [0.15, 0.2) is 0 Å². The summed E-state index contributed by atoms with van der Waals surface area (Å²) in [5.74, 6) is 0.843. The van der Waals surface area contributed by atoms with Gasteiger partial charge in [-0.05, 0) is 47.1 Å². The van der Waals surface area contributed by atoms with Crippen LogP contribution in [-0.4, -0.2) is 12.1 Å². The number of anilines is 1. The Morgan fingerprint density at radius 3 is 2.68 bits per heavy atom. The summed E-state index contributed by atoms with van der Waals surface area (Å²) in [6.07, 6.45) is 1.83. The number of methoxy groups -OCH3 is 1. The molecule has 2 rings (SSSR count). The summed E-state index contributed by atoms with van der Waals surface area (Å²) in [6, 6.07) is 8.01. The van der Waals surface area contributed by atoms with Crippen molar-refractivity contribution in [3.05, 3.63) is 50.7 Å². The summed E-state index contributed by atoms with van der Waals surface area (Å²) in [6.45, 7) is 2.64. The number of pyridine rings is 1. The normalized spacial score (nSPS) is 10.3. The lowest BCUT2D eigenvalue weighted by Gasteiger charge is -2.13. The van der Waals surface area contributed by atoms with E-state index in [-0.39, 0.29) is 0 Å². The third-order valence-electron chi connectivity index (χ3n) is 2.68. The smallest absolute Gasteiger partial charge is 0.138 e. The van der Waals surface area contributed by atoms with Gasteiger partial charge in [-0.25, -0.2) is 0 Å². The van der Waals surface area contributed by atoms with Crippen LogP contribution in [0.5, 0.6) is 5.75 Å².